The number of carbonyl (C=O) groups is 1. The van der Waals surface area contributed by atoms with Crippen LogP contribution in [0.4, 0.5) is 0 Å². The maximum Gasteiger partial charge on any atom is 0.343 e. The Hall–Kier alpha value is -3.11. The van der Waals surface area contributed by atoms with Crippen LogP contribution in [-0.2, 0) is 0 Å². The number of rotatable bonds is 4. The predicted octanol–water partition coefficient (Wildman–Crippen LogP) is 4.31. The minimum absolute atomic E-state index is 0.332. The first-order valence-corrected chi connectivity index (χ1v) is 7.87. The lowest BCUT2D eigenvalue weighted by Gasteiger charge is -2.06. The van der Waals surface area contributed by atoms with Gasteiger partial charge in [-0.25, -0.2) is 4.79 Å². The number of para-hydroxylation sites is 2. The van der Waals surface area contributed by atoms with E-state index < -0.39 is 6.29 Å². The second kappa shape index (κ2) is 9.90. The Bertz CT molecular complexity index is 741. The molecule has 3 aromatic rings. The van der Waals surface area contributed by atoms with Gasteiger partial charge in [-0.05, 0) is 43.3 Å². The number of carbonyl (C=O) groups excluding carboxylic acids is 1. The first-order valence-electron chi connectivity index (χ1n) is 7.87. The second-order valence-electron chi connectivity index (χ2n) is 5.10. The SMILES string of the molecule is CC(O)Oc1ccccc1.O=C(Oc1ccccc1)c1ccccc1. The molecule has 1 unspecified atom stereocenters. The number of aliphatic hydroxyl groups excluding tert-OH is 1. The number of ether oxygens (including phenoxy) is 2. The number of hydrogen-bond acceptors (Lipinski definition) is 4. The summed E-state index contributed by atoms with van der Waals surface area (Å²) in [5.41, 5.74) is 0.557. The van der Waals surface area contributed by atoms with Crippen LogP contribution in [0.5, 0.6) is 11.5 Å². The van der Waals surface area contributed by atoms with Gasteiger partial charge in [0.2, 0.25) is 0 Å². The van der Waals surface area contributed by atoms with Crippen molar-refractivity contribution in [3.63, 3.8) is 0 Å². The van der Waals surface area contributed by atoms with E-state index in [0.717, 1.165) is 0 Å². The molecule has 0 aliphatic rings. The van der Waals surface area contributed by atoms with Crippen LogP contribution in [0.2, 0.25) is 0 Å². The maximum absolute atomic E-state index is 11.6. The Kier molecular flexibility index (Phi) is 7.22. The molecule has 0 amide bonds. The van der Waals surface area contributed by atoms with Gasteiger partial charge in [-0.3, -0.25) is 0 Å². The van der Waals surface area contributed by atoms with Gasteiger partial charge in [0.1, 0.15) is 11.5 Å². The second-order valence-corrected chi connectivity index (χ2v) is 5.10. The van der Waals surface area contributed by atoms with E-state index >= 15 is 0 Å². The maximum atomic E-state index is 11.6. The Morgan fingerprint density at radius 2 is 1.20 bits per heavy atom. The molecule has 4 nitrogen and oxygen atoms in total. The largest absolute Gasteiger partial charge is 0.465 e. The van der Waals surface area contributed by atoms with Crippen molar-refractivity contribution in [3.05, 3.63) is 96.6 Å². The molecule has 128 valence electrons. The lowest BCUT2D eigenvalue weighted by molar-refractivity contribution is -0.000296. The number of hydrogen-bond donors (Lipinski definition) is 1. The fraction of sp³-hybridized carbons (Fsp3) is 0.0952. The van der Waals surface area contributed by atoms with Crippen LogP contribution >= 0.6 is 0 Å². The number of aliphatic hydroxyl groups is 1. The van der Waals surface area contributed by atoms with Crippen molar-refractivity contribution in [1.29, 1.82) is 0 Å². The van der Waals surface area contributed by atoms with Crippen LogP contribution in [0.1, 0.15) is 17.3 Å². The highest BCUT2D eigenvalue weighted by Gasteiger charge is 2.06. The first kappa shape index (κ1) is 18.2. The Labute approximate surface area is 147 Å². The summed E-state index contributed by atoms with van der Waals surface area (Å²) in [5.74, 6) is 0.922. The van der Waals surface area contributed by atoms with E-state index in [9.17, 15) is 4.79 Å². The van der Waals surface area contributed by atoms with Crippen molar-refractivity contribution < 1.29 is 19.4 Å². The Morgan fingerprint density at radius 3 is 1.68 bits per heavy atom. The molecular formula is C21H20O4. The smallest absolute Gasteiger partial charge is 0.343 e. The molecule has 0 spiro atoms. The van der Waals surface area contributed by atoms with Crippen LogP contribution in [0.25, 0.3) is 0 Å². The Balaban J connectivity index is 0.000000196. The van der Waals surface area contributed by atoms with E-state index in [-0.39, 0.29) is 5.97 Å². The topological polar surface area (TPSA) is 55.8 Å². The van der Waals surface area contributed by atoms with Crippen LogP contribution in [-0.4, -0.2) is 17.4 Å². The van der Waals surface area contributed by atoms with E-state index in [1.807, 2.05) is 54.6 Å². The predicted molar refractivity (Wildman–Crippen MR) is 96.6 cm³/mol. The van der Waals surface area contributed by atoms with Crippen molar-refractivity contribution in [2.24, 2.45) is 0 Å². The summed E-state index contributed by atoms with van der Waals surface area (Å²) in [6.45, 7) is 1.58. The lowest BCUT2D eigenvalue weighted by Crippen LogP contribution is -2.08. The highest BCUT2D eigenvalue weighted by Crippen LogP contribution is 2.11. The van der Waals surface area contributed by atoms with Gasteiger partial charge in [0.25, 0.3) is 0 Å². The third-order valence-electron chi connectivity index (χ3n) is 3.01. The van der Waals surface area contributed by atoms with Crippen molar-refractivity contribution in [1.82, 2.24) is 0 Å². The van der Waals surface area contributed by atoms with Gasteiger partial charge in [0.05, 0.1) is 5.56 Å². The fourth-order valence-corrected chi connectivity index (χ4v) is 1.92. The van der Waals surface area contributed by atoms with E-state index in [2.05, 4.69) is 0 Å². The van der Waals surface area contributed by atoms with Gasteiger partial charge < -0.3 is 14.6 Å². The molecule has 0 aliphatic heterocycles. The van der Waals surface area contributed by atoms with Crippen molar-refractivity contribution >= 4 is 5.97 Å². The molecule has 0 saturated carbocycles. The van der Waals surface area contributed by atoms with Gasteiger partial charge in [-0.2, -0.15) is 0 Å². The molecule has 0 heterocycles. The number of benzene rings is 3. The van der Waals surface area contributed by atoms with Crippen LogP contribution in [0, 0.1) is 0 Å². The molecule has 1 N–H and O–H groups in total. The standard InChI is InChI=1S/C13H10O2.C8H10O2/c14-13(11-7-3-1-4-8-11)15-12-9-5-2-6-10-12;1-7(9)10-8-5-3-2-4-6-8/h1-10H;2-7,9H,1H3. The van der Waals surface area contributed by atoms with Crippen molar-refractivity contribution in [2.45, 2.75) is 13.2 Å². The summed E-state index contributed by atoms with van der Waals surface area (Å²) in [6.07, 6.45) is -0.734. The van der Waals surface area contributed by atoms with Gasteiger partial charge in [-0.1, -0.05) is 54.6 Å². The van der Waals surface area contributed by atoms with Gasteiger partial charge in [0, 0.05) is 0 Å². The number of esters is 1. The zero-order chi connectivity index (χ0) is 17.9. The summed E-state index contributed by atoms with van der Waals surface area (Å²) < 4.78 is 10.1. The van der Waals surface area contributed by atoms with Crippen molar-refractivity contribution in [2.75, 3.05) is 0 Å². The molecule has 0 radical (unpaired) electrons. The molecule has 3 rings (SSSR count). The highest BCUT2D eigenvalue weighted by atomic mass is 16.6. The lowest BCUT2D eigenvalue weighted by atomic mass is 10.2. The molecular weight excluding hydrogens is 316 g/mol. The average molecular weight is 336 g/mol. The first-order chi connectivity index (χ1) is 12.1. The molecule has 0 saturated heterocycles. The van der Waals surface area contributed by atoms with Crippen LogP contribution in [0.3, 0.4) is 0 Å². The minimum atomic E-state index is -0.734. The summed E-state index contributed by atoms with van der Waals surface area (Å²) in [4.78, 5) is 11.6. The quantitative estimate of drug-likeness (QED) is 0.438. The summed E-state index contributed by atoms with van der Waals surface area (Å²) in [6, 6.07) is 27.2. The van der Waals surface area contributed by atoms with Gasteiger partial charge in [-0.15, -0.1) is 0 Å². The van der Waals surface area contributed by atoms with Crippen LogP contribution in [0.15, 0.2) is 91.0 Å². The summed E-state index contributed by atoms with van der Waals surface area (Å²) >= 11 is 0. The molecule has 3 aromatic carbocycles. The average Bonchev–Trinajstić information content (AvgIpc) is 2.64. The van der Waals surface area contributed by atoms with E-state index in [1.54, 1.807) is 43.3 Å². The third-order valence-corrected chi connectivity index (χ3v) is 3.01. The molecule has 25 heavy (non-hydrogen) atoms. The highest BCUT2D eigenvalue weighted by molar-refractivity contribution is 5.90. The summed E-state index contributed by atoms with van der Waals surface area (Å²) in [5, 5.41) is 8.78. The normalized spacial score (nSPS) is 10.8. The Morgan fingerprint density at radius 1 is 0.760 bits per heavy atom. The fourth-order valence-electron chi connectivity index (χ4n) is 1.92. The minimum Gasteiger partial charge on any atom is -0.465 e. The van der Waals surface area contributed by atoms with Gasteiger partial charge >= 0.3 is 5.97 Å². The molecule has 1 atom stereocenters. The molecule has 0 aliphatic carbocycles. The van der Waals surface area contributed by atoms with Gasteiger partial charge in [0.15, 0.2) is 6.29 Å². The molecule has 0 fully saturated rings. The van der Waals surface area contributed by atoms with Crippen molar-refractivity contribution in [3.8, 4) is 11.5 Å². The summed E-state index contributed by atoms with van der Waals surface area (Å²) in [7, 11) is 0. The molecule has 4 heteroatoms. The zero-order valence-corrected chi connectivity index (χ0v) is 13.9. The zero-order valence-electron chi connectivity index (χ0n) is 13.9. The molecule has 0 bridgehead atoms. The van der Waals surface area contributed by atoms with E-state index in [0.29, 0.717) is 17.1 Å². The van der Waals surface area contributed by atoms with E-state index in [1.165, 1.54) is 0 Å². The molecule has 0 aromatic heterocycles. The van der Waals surface area contributed by atoms with Crippen LogP contribution < -0.4 is 9.47 Å². The third kappa shape index (κ3) is 6.89. The van der Waals surface area contributed by atoms with E-state index in [4.69, 9.17) is 14.6 Å². The monoisotopic (exact) mass is 336 g/mol.